The Morgan fingerprint density at radius 3 is 2.96 bits per heavy atom. The molecule has 1 heterocycles. The van der Waals surface area contributed by atoms with E-state index in [4.69, 9.17) is 9.47 Å². The Balaban J connectivity index is 1.49. The van der Waals surface area contributed by atoms with E-state index >= 15 is 0 Å². The molecule has 3 rings (SSSR count). The number of anilines is 1. The first kappa shape index (κ1) is 17.8. The predicted molar refractivity (Wildman–Crippen MR) is 96.7 cm³/mol. The normalized spacial score (nSPS) is 16.6. The molecule has 2 aromatic rings. The summed E-state index contributed by atoms with van der Waals surface area (Å²) in [6, 6.07) is 13.7. The average molecular weight is 361 g/mol. The molecule has 1 N–H and O–H groups in total. The molecule has 0 saturated carbocycles. The van der Waals surface area contributed by atoms with Gasteiger partial charge in [-0.1, -0.05) is 18.2 Å². The molecule has 132 valence electrons. The van der Waals surface area contributed by atoms with Crippen LogP contribution in [-0.2, 0) is 9.53 Å². The number of benzene rings is 2. The zero-order valence-corrected chi connectivity index (χ0v) is 14.6. The first-order chi connectivity index (χ1) is 12.2. The Kier molecular flexibility index (Phi) is 6.30. The number of amides is 1. The summed E-state index contributed by atoms with van der Waals surface area (Å²) in [7, 11) is 0. The number of hydrogen-bond acceptors (Lipinski definition) is 4. The van der Waals surface area contributed by atoms with E-state index in [0.717, 1.165) is 19.4 Å². The van der Waals surface area contributed by atoms with Crippen molar-refractivity contribution < 1.29 is 18.7 Å². The van der Waals surface area contributed by atoms with E-state index in [1.54, 1.807) is 30.3 Å². The van der Waals surface area contributed by atoms with Crippen LogP contribution in [0.15, 0.2) is 53.4 Å². The van der Waals surface area contributed by atoms with E-state index in [0.29, 0.717) is 22.9 Å². The van der Waals surface area contributed by atoms with Crippen LogP contribution in [0.5, 0.6) is 5.75 Å². The minimum Gasteiger partial charge on any atom is -0.491 e. The highest BCUT2D eigenvalue weighted by molar-refractivity contribution is 8.00. The standard InChI is InChI=1S/C19H20FNO3S/c20-17-8-1-2-9-18(17)25-13-19(22)21-14-5-3-6-15(11-14)24-12-16-7-4-10-23-16/h1-3,5-6,8-9,11,16H,4,7,10,12-13H2,(H,21,22). The van der Waals surface area contributed by atoms with E-state index in [1.165, 1.54) is 17.8 Å². The number of hydrogen-bond donors (Lipinski definition) is 1. The Hall–Kier alpha value is -2.05. The van der Waals surface area contributed by atoms with Crippen LogP contribution in [0.4, 0.5) is 10.1 Å². The largest absolute Gasteiger partial charge is 0.491 e. The van der Waals surface area contributed by atoms with Crippen LogP contribution in [0.1, 0.15) is 12.8 Å². The van der Waals surface area contributed by atoms with Gasteiger partial charge in [0.25, 0.3) is 0 Å². The summed E-state index contributed by atoms with van der Waals surface area (Å²) >= 11 is 1.17. The second-order valence-corrected chi connectivity index (χ2v) is 6.76. The number of rotatable bonds is 7. The molecule has 1 unspecified atom stereocenters. The summed E-state index contributed by atoms with van der Waals surface area (Å²) in [5, 5.41) is 2.81. The van der Waals surface area contributed by atoms with Crippen LogP contribution in [0.25, 0.3) is 0 Å². The number of halogens is 1. The van der Waals surface area contributed by atoms with Crippen molar-refractivity contribution in [2.45, 2.75) is 23.8 Å². The van der Waals surface area contributed by atoms with Gasteiger partial charge in [-0.05, 0) is 37.1 Å². The van der Waals surface area contributed by atoms with Gasteiger partial charge in [-0.2, -0.15) is 0 Å². The summed E-state index contributed by atoms with van der Waals surface area (Å²) in [6.07, 6.45) is 2.24. The summed E-state index contributed by atoms with van der Waals surface area (Å²) < 4.78 is 24.8. The van der Waals surface area contributed by atoms with Gasteiger partial charge in [0.15, 0.2) is 0 Å². The zero-order chi connectivity index (χ0) is 17.5. The molecule has 2 aromatic carbocycles. The Bertz CT molecular complexity index is 719. The fourth-order valence-corrected chi connectivity index (χ4v) is 3.27. The molecule has 1 atom stereocenters. The van der Waals surface area contributed by atoms with Gasteiger partial charge >= 0.3 is 0 Å². The van der Waals surface area contributed by atoms with E-state index in [9.17, 15) is 9.18 Å². The first-order valence-corrected chi connectivity index (χ1v) is 9.21. The van der Waals surface area contributed by atoms with Crippen LogP contribution in [0.3, 0.4) is 0 Å². The summed E-state index contributed by atoms with van der Waals surface area (Å²) in [6.45, 7) is 1.31. The van der Waals surface area contributed by atoms with Crippen molar-refractivity contribution >= 4 is 23.4 Å². The molecule has 0 aromatic heterocycles. The van der Waals surface area contributed by atoms with Crippen LogP contribution in [0.2, 0.25) is 0 Å². The van der Waals surface area contributed by atoms with Gasteiger partial charge in [0, 0.05) is 23.3 Å². The molecule has 25 heavy (non-hydrogen) atoms. The minimum absolute atomic E-state index is 0.141. The topological polar surface area (TPSA) is 47.6 Å². The lowest BCUT2D eigenvalue weighted by Crippen LogP contribution is -2.17. The lowest BCUT2D eigenvalue weighted by molar-refractivity contribution is -0.113. The maximum atomic E-state index is 13.6. The van der Waals surface area contributed by atoms with E-state index in [2.05, 4.69) is 5.32 Å². The molecule has 1 aliphatic rings. The molecule has 1 saturated heterocycles. The summed E-state index contributed by atoms with van der Waals surface area (Å²) in [5.74, 6) is 0.325. The fourth-order valence-electron chi connectivity index (χ4n) is 2.53. The number of nitrogens with one attached hydrogen (secondary N) is 1. The van der Waals surface area contributed by atoms with Crippen molar-refractivity contribution in [1.82, 2.24) is 0 Å². The molecule has 1 aliphatic heterocycles. The van der Waals surface area contributed by atoms with Crippen LogP contribution < -0.4 is 10.1 Å². The Morgan fingerprint density at radius 2 is 2.16 bits per heavy atom. The number of ether oxygens (including phenoxy) is 2. The van der Waals surface area contributed by atoms with Gasteiger partial charge in [-0.3, -0.25) is 4.79 Å². The fraction of sp³-hybridized carbons (Fsp3) is 0.316. The molecule has 1 fully saturated rings. The van der Waals surface area contributed by atoms with Crippen molar-refractivity contribution in [3.63, 3.8) is 0 Å². The van der Waals surface area contributed by atoms with Crippen molar-refractivity contribution in [3.8, 4) is 5.75 Å². The molecule has 0 bridgehead atoms. The molecular formula is C19H20FNO3S. The quantitative estimate of drug-likeness (QED) is 0.754. The highest BCUT2D eigenvalue weighted by atomic mass is 32.2. The third-order valence-electron chi connectivity index (χ3n) is 3.77. The molecule has 0 radical (unpaired) electrons. The van der Waals surface area contributed by atoms with Crippen LogP contribution >= 0.6 is 11.8 Å². The highest BCUT2D eigenvalue weighted by Gasteiger charge is 2.16. The number of thioether (sulfide) groups is 1. The SMILES string of the molecule is O=C(CSc1ccccc1F)Nc1cccc(OCC2CCCO2)c1. The molecule has 1 amide bonds. The average Bonchev–Trinajstić information content (AvgIpc) is 3.13. The Labute approximate surface area is 150 Å². The predicted octanol–water partition coefficient (Wildman–Crippen LogP) is 4.11. The van der Waals surface area contributed by atoms with E-state index in [1.807, 2.05) is 12.1 Å². The van der Waals surface area contributed by atoms with Gasteiger partial charge in [-0.15, -0.1) is 11.8 Å². The molecule has 4 nitrogen and oxygen atoms in total. The van der Waals surface area contributed by atoms with Gasteiger partial charge in [0.05, 0.1) is 11.9 Å². The van der Waals surface area contributed by atoms with Crippen molar-refractivity contribution in [2.75, 3.05) is 24.3 Å². The molecule has 0 aliphatic carbocycles. The van der Waals surface area contributed by atoms with Gasteiger partial charge in [-0.25, -0.2) is 4.39 Å². The van der Waals surface area contributed by atoms with Crippen molar-refractivity contribution in [3.05, 3.63) is 54.3 Å². The van der Waals surface area contributed by atoms with E-state index in [-0.39, 0.29) is 23.6 Å². The van der Waals surface area contributed by atoms with Crippen LogP contribution in [0, 0.1) is 5.82 Å². The highest BCUT2D eigenvalue weighted by Crippen LogP contribution is 2.23. The Morgan fingerprint density at radius 1 is 1.28 bits per heavy atom. The number of carbonyl (C=O) groups is 1. The smallest absolute Gasteiger partial charge is 0.234 e. The van der Waals surface area contributed by atoms with Gasteiger partial charge in [0.1, 0.15) is 18.2 Å². The van der Waals surface area contributed by atoms with Crippen LogP contribution in [-0.4, -0.2) is 31.0 Å². The third kappa shape index (κ3) is 5.47. The second kappa shape index (κ2) is 8.87. The summed E-state index contributed by atoms with van der Waals surface area (Å²) in [4.78, 5) is 12.5. The zero-order valence-electron chi connectivity index (χ0n) is 13.7. The summed E-state index contributed by atoms with van der Waals surface area (Å²) in [5.41, 5.74) is 0.656. The number of carbonyl (C=O) groups excluding carboxylic acids is 1. The maximum absolute atomic E-state index is 13.6. The third-order valence-corrected chi connectivity index (χ3v) is 4.82. The molecule has 0 spiro atoms. The lowest BCUT2D eigenvalue weighted by Gasteiger charge is -2.12. The van der Waals surface area contributed by atoms with E-state index < -0.39 is 0 Å². The monoisotopic (exact) mass is 361 g/mol. The minimum atomic E-state index is -0.315. The first-order valence-electron chi connectivity index (χ1n) is 8.22. The van der Waals surface area contributed by atoms with Gasteiger partial charge < -0.3 is 14.8 Å². The van der Waals surface area contributed by atoms with Gasteiger partial charge in [0.2, 0.25) is 5.91 Å². The lowest BCUT2D eigenvalue weighted by atomic mass is 10.2. The van der Waals surface area contributed by atoms with Crippen molar-refractivity contribution in [1.29, 1.82) is 0 Å². The van der Waals surface area contributed by atoms with Crippen molar-refractivity contribution in [2.24, 2.45) is 0 Å². The molecule has 6 heteroatoms. The second-order valence-electron chi connectivity index (χ2n) is 5.74. The maximum Gasteiger partial charge on any atom is 0.234 e. The molecular weight excluding hydrogens is 341 g/mol.